The summed E-state index contributed by atoms with van der Waals surface area (Å²) in [6.45, 7) is 2.45. The van der Waals surface area contributed by atoms with Crippen LogP contribution in [-0.2, 0) is 31.0 Å². The van der Waals surface area contributed by atoms with E-state index in [-0.39, 0.29) is 23.6 Å². The lowest BCUT2D eigenvalue weighted by atomic mass is 9.92. The second-order valence-corrected chi connectivity index (χ2v) is 7.35. The highest BCUT2D eigenvalue weighted by Crippen LogP contribution is 2.30. The van der Waals surface area contributed by atoms with Crippen LogP contribution in [0.2, 0.25) is 0 Å². The van der Waals surface area contributed by atoms with E-state index in [0.717, 1.165) is 10.1 Å². The van der Waals surface area contributed by atoms with Crippen molar-refractivity contribution in [3.8, 4) is 0 Å². The molecule has 1 atom stereocenters. The number of fused-ring (bicyclic) bond motifs is 1. The van der Waals surface area contributed by atoms with Crippen LogP contribution < -0.4 is 16.6 Å². The summed E-state index contributed by atoms with van der Waals surface area (Å²) in [7, 11) is 2.93. The number of hydrogen-bond donors (Lipinski definition) is 1. The van der Waals surface area contributed by atoms with Crippen LogP contribution in [0.5, 0.6) is 0 Å². The van der Waals surface area contributed by atoms with E-state index < -0.39 is 16.8 Å². The Morgan fingerprint density at radius 1 is 1.17 bits per heavy atom. The topological polar surface area (TPSA) is 116 Å². The molecule has 30 heavy (non-hydrogen) atoms. The molecular weight excluding hydrogens is 386 g/mol. The number of hydrogen-bond acceptors (Lipinski definition) is 6. The molecule has 1 unspecified atom stereocenters. The Hall–Kier alpha value is -3.82. The van der Waals surface area contributed by atoms with Gasteiger partial charge in [-0.2, -0.15) is 10.2 Å². The van der Waals surface area contributed by atoms with Gasteiger partial charge < -0.3 is 9.88 Å². The van der Waals surface area contributed by atoms with Gasteiger partial charge in [0.25, 0.3) is 5.56 Å². The third-order valence-corrected chi connectivity index (χ3v) is 5.19. The van der Waals surface area contributed by atoms with E-state index in [1.807, 2.05) is 31.2 Å². The standard InChI is InChI=1S/C20H21N7O3/c1-20(9-4-10-22-24-20)13-5-7-14(8-6-13)23-15(28)11-27-12-21-17-16(27)18(29)26(3)19(30)25(17)2/h4-9,12H,10-11H2,1-3H3,(H,23,28). The fourth-order valence-electron chi connectivity index (χ4n) is 3.47. The number of carbonyl (C=O) groups is 1. The van der Waals surface area contributed by atoms with Crippen LogP contribution in [0.1, 0.15) is 12.5 Å². The van der Waals surface area contributed by atoms with Crippen molar-refractivity contribution in [2.75, 3.05) is 11.9 Å². The zero-order valence-corrected chi connectivity index (χ0v) is 16.9. The van der Waals surface area contributed by atoms with Crippen molar-refractivity contribution in [3.05, 3.63) is 69.1 Å². The summed E-state index contributed by atoms with van der Waals surface area (Å²) in [5, 5.41) is 11.2. The molecule has 1 aliphatic heterocycles. The summed E-state index contributed by atoms with van der Waals surface area (Å²) in [6, 6.07) is 7.38. The van der Waals surface area contributed by atoms with Crippen LogP contribution in [0.15, 0.2) is 62.6 Å². The minimum absolute atomic E-state index is 0.111. The molecule has 0 saturated carbocycles. The van der Waals surface area contributed by atoms with Crippen molar-refractivity contribution in [1.82, 2.24) is 18.7 Å². The summed E-state index contributed by atoms with van der Waals surface area (Å²) in [5.74, 6) is -0.318. The normalized spacial score (nSPS) is 18.1. The third-order valence-electron chi connectivity index (χ3n) is 5.19. The van der Waals surface area contributed by atoms with Crippen molar-refractivity contribution in [2.45, 2.75) is 19.0 Å². The van der Waals surface area contributed by atoms with Crippen LogP contribution in [0.3, 0.4) is 0 Å². The average molecular weight is 407 g/mol. The number of nitrogens with one attached hydrogen (secondary N) is 1. The number of aryl methyl sites for hydroxylation is 1. The predicted octanol–water partition coefficient (Wildman–Crippen LogP) is 1.31. The zero-order valence-electron chi connectivity index (χ0n) is 16.9. The average Bonchev–Trinajstić information content (AvgIpc) is 3.15. The maximum Gasteiger partial charge on any atom is 0.332 e. The number of benzene rings is 1. The first-order chi connectivity index (χ1) is 14.3. The fourth-order valence-corrected chi connectivity index (χ4v) is 3.47. The van der Waals surface area contributed by atoms with E-state index in [0.29, 0.717) is 12.2 Å². The molecular formula is C20H21N7O3. The molecule has 0 radical (unpaired) electrons. The van der Waals surface area contributed by atoms with Crippen molar-refractivity contribution in [1.29, 1.82) is 0 Å². The minimum atomic E-state index is -0.507. The predicted molar refractivity (Wildman–Crippen MR) is 112 cm³/mol. The summed E-state index contributed by atoms with van der Waals surface area (Å²) < 4.78 is 3.71. The third kappa shape index (κ3) is 3.25. The Morgan fingerprint density at radius 3 is 2.57 bits per heavy atom. The number of nitrogens with zero attached hydrogens (tertiary/aromatic N) is 6. The SMILES string of the molecule is Cn1c(=O)c2c(ncn2CC(=O)Nc2ccc(C3(C)C=CCN=N3)cc2)n(C)c1=O. The molecule has 0 fully saturated rings. The molecule has 0 bridgehead atoms. The molecule has 1 N–H and O–H groups in total. The molecule has 1 aliphatic rings. The Bertz CT molecular complexity index is 1300. The molecule has 0 aliphatic carbocycles. The molecule has 3 aromatic rings. The van der Waals surface area contributed by atoms with Crippen LogP contribution in [0.4, 0.5) is 5.69 Å². The van der Waals surface area contributed by atoms with Crippen molar-refractivity contribution in [3.63, 3.8) is 0 Å². The Kier molecular flexibility index (Phi) is 4.69. The van der Waals surface area contributed by atoms with Crippen LogP contribution in [0.25, 0.3) is 11.2 Å². The lowest BCUT2D eigenvalue weighted by Gasteiger charge is -2.22. The highest BCUT2D eigenvalue weighted by Gasteiger charge is 2.24. The molecule has 10 heteroatoms. The van der Waals surface area contributed by atoms with Crippen molar-refractivity contribution in [2.24, 2.45) is 24.3 Å². The summed E-state index contributed by atoms with van der Waals surface area (Å²) >= 11 is 0. The Balaban J connectivity index is 1.54. The van der Waals surface area contributed by atoms with Crippen molar-refractivity contribution >= 4 is 22.8 Å². The highest BCUT2D eigenvalue weighted by molar-refractivity contribution is 5.91. The molecule has 1 aromatic carbocycles. The molecule has 3 heterocycles. The van der Waals surface area contributed by atoms with Crippen LogP contribution >= 0.6 is 0 Å². The van der Waals surface area contributed by atoms with E-state index in [4.69, 9.17) is 0 Å². The fraction of sp³-hybridized carbons (Fsp3) is 0.300. The van der Waals surface area contributed by atoms with Gasteiger partial charge in [-0.1, -0.05) is 24.3 Å². The van der Waals surface area contributed by atoms with Crippen LogP contribution in [-0.4, -0.2) is 31.1 Å². The number of imidazole rings is 1. The van der Waals surface area contributed by atoms with Crippen LogP contribution in [0, 0.1) is 0 Å². The number of amides is 1. The first kappa shape index (κ1) is 19.5. The Labute approximate surface area is 171 Å². The molecule has 4 rings (SSSR count). The summed E-state index contributed by atoms with van der Waals surface area (Å²) in [6.07, 6.45) is 5.36. The summed E-state index contributed by atoms with van der Waals surface area (Å²) in [5.41, 5.74) is 0.552. The van der Waals surface area contributed by atoms with Gasteiger partial charge in [-0.3, -0.25) is 18.7 Å². The van der Waals surface area contributed by atoms with Gasteiger partial charge in [0.1, 0.15) is 12.1 Å². The molecule has 0 spiro atoms. The van der Waals surface area contributed by atoms with Gasteiger partial charge in [0.15, 0.2) is 11.2 Å². The van der Waals surface area contributed by atoms with Gasteiger partial charge in [-0.25, -0.2) is 9.78 Å². The van der Waals surface area contributed by atoms with E-state index in [1.54, 1.807) is 12.1 Å². The number of azo groups is 1. The van der Waals surface area contributed by atoms with E-state index in [2.05, 4.69) is 20.5 Å². The molecule has 154 valence electrons. The number of aromatic nitrogens is 4. The highest BCUT2D eigenvalue weighted by atomic mass is 16.2. The smallest absolute Gasteiger partial charge is 0.325 e. The van der Waals surface area contributed by atoms with E-state index in [1.165, 1.54) is 29.6 Å². The number of carbonyl (C=O) groups excluding carboxylic acids is 1. The maximum absolute atomic E-state index is 12.5. The molecule has 0 saturated heterocycles. The quantitative estimate of drug-likeness (QED) is 0.657. The zero-order chi connectivity index (χ0) is 21.5. The lowest BCUT2D eigenvalue weighted by Crippen LogP contribution is -2.37. The molecule has 1 amide bonds. The summed E-state index contributed by atoms with van der Waals surface area (Å²) in [4.78, 5) is 41.2. The monoisotopic (exact) mass is 407 g/mol. The number of rotatable bonds is 4. The Morgan fingerprint density at radius 2 is 1.90 bits per heavy atom. The second-order valence-electron chi connectivity index (χ2n) is 7.35. The molecule has 2 aromatic heterocycles. The second kappa shape index (κ2) is 7.21. The van der Waals surface area contributed by atoms with Gasteiger partial charge in [0.05, 0.1) is 12.9 Å². The van der Waals surface area contributed by atoms with Crippen molar-refractivity contribution < 1.29 is 4.79 Å². The first-order valence-corrected chi connectivity index (χ1v) is 9.38. The van der Waals surface area contributed by atoms with E-state index in [9.17, 15) is 14.4 Å². The van der Waals surface area contributed by atoms with Gasteiger partial charge in [0.2, 0.25) is 5.91 Å². The number of anilines is 1. The van der Waals surface area contributed by atoms with E-state index >= 15 is 0 Å². The van der Waals surface area contributed by atoms with Gasteiger partial charge >= 0.3 is 5.69 Å². The maximum atomic E-state index is 12.5. The van der Waals surface area contributed by atoms with Gasteiger partial charge in [-0.15, -0.1) is 0 Å². The van der Waals surface area contributed by atoms with Gasteiger partial charge in [0, 0.05) is 19.8 Å². The lowest BCUT2D eigenvalue weighted by molar-refractivity contribution is -0.116. The van der Waals surface area contributed by atoms with Gasteiger partial charge in [-0.05, 0) is 24.6 Å². The largest absolute Gasteiger partial charge is 0.332 e. The first-order valence-electron chi connectivity index (χ1n) is 9.38. The minimum Gasteiger partial charge on any atom is -0.325 e. The molecule has 10 nitrogen and oxygen atoms in total.